The smallest absolute Gasteiger partial charge is 0.254 e. The van der Waals surface area contributed by atoms with Gasteiger partial charge in [0.1, 0.15) is 5.82 Å². The van der Waals surface area contributed by atoms with Crippen molar-refractivity contribution < 1.29 is 28.1 Å². The second-order valence-corrected chi connectivity index (χ2v) is 6.19. The Morgan fingerprint density at radius 3 is 2.30 bits per heavy atom. The molecule has 1 amide bonds. The van der Waals surface area contributed by atoms with E-state index in [0.717, 1.165) is 5.56 Å². The van der Waals surface area contributed by atoms with Gasteiger partial charge in [-0.15, -0.1) is 0 Å². The largest absolute Gasteiger partial charge is 0.493 e. The van der Waals surface area contributed by atoms with E-state index < -0.39 is 0 Å². The number of amides is 1. The molecule has 2 aromatic carbocycles. The van der Waals surface area contributed by atoms with E-state index in [4.69, 9.17) is 18.9 Å². The molecule has 1 aliphatic heterocycles. The predicted octanol–water partition coefficient (Wildman–Crippen LogP) is 2.89. The van der Waals surface area contributed by atoms with E-state index in [0.29, 0.717) is 42.5 Å². The molecule has 1 saturated heterocycles. The zero-order valence-electron chi connectivity index (χ0n) is 15.5. The van der Waals surface area contributed by atoms with Gasteiger partial charge in [-0.3, -0.25) is 4.79 Å². The molecule has 0 spiro atoms. The van der Waals surface area contributed by atoms with Gasteiger partial charge in [-0.25, -0.2) is 4.39 Å². The van der Waals surface area contributed by atoms with Gasteiger partial charge in [0.15, 0.2) is 11.5 Å². The summed E-state index contributed by atoms with van der Waals surface area (Å²) in [6.07, 6.45) is -0.0701. The van der Waals surface area contributed by atoms with Gasteiger partial charge in [0, 0.05) is 18.7 Å². The first-order valence-corrected chi connectivity index (χ1v) is 8.51. The third kappa shape index (κ3) is 4.14. The quantitative estimate of drug-likeness (QED) is 0.745. The molecule has 0 atom stereocenters. The molecular formula is C20H22FNO5. The number of ether oxygens (including phenoxy) is 4. The number of halogens is 1. The Labute approximate surface area is 157 Å². The molecule has 144 valence electrons. The Morgan fingerprint density at radius 2 is 1.74 bits per heavy atom. The molecule has 0 bridgehead atoms. The monoisotopic (exact) mass is 375 g/mol. The molecule has 27 heavy (non-hydrogen) atoms. The van der Waals surface area contributed by atoms with E-state index in [2.05, 4.69) is 0 Å². The molecule has 3 rings (SSSR count). The zero-order chi connectivity index (χ0) is 19.4. The molecule has 0 N–H and O–H groups in total. The average Bonchev–Trinajstić information content (AvgIpc) is 2.65. The Hall–Kier alpha value is -2.80. The lowest BCUT2D eigenvalue weighted by Crippen LogP contribution is -2.54. The Bertz CT molecular complexity index is 795. The number of nitrogens with zero attached hydrogens (tertiary/aromatic N) is 1. The summed E-state index contributed by atoms with van der Waals surface area (Å²) in [6.45, 7) is 1.27. The fraction of sp³-hybridized carbons (Fsp3) is 0.350. The molecule has 0 saturated carbocycles. The van der Waals surface area contributed by atoms with Crippen LogP contribution >= 0.6 is 0 Å². The lowest BCUT2D eigenvalue weighted by atomic mass is 10.1. The summed E-state index contributed by atoms with van der Waals surface area (Å²) in [6, 6.07) is 9.55. The summed E-state index contributed by atoms with van der Waals surface area (Å²) in [5.41, 5.74) is 1.22. The lowest BCUT2D eigenvalue weighted by Gasteiger charge is -2.39. The lowest BCUT2D eigenvalue weighted by molar-refractivity contribution is -0.0503. The molecule has 0 aromatic heterocycles. The van der Waals surface area contributed by atoms with Gasteiger partial charge in [-0.1, -0.05) is 12.1 Å². The van der Waals surface area contributed by atoms with Crippen LogP contribution in [-0.4, -0.2) is 51.3 Å². The summed E-state index contributed by atoms with van der Waals surface area (Å²) >= 11 is 0. The van der Waals surface area contributed by atoms with Crippen LogP contribution < -0.4 is 14.2 Å². The number of hydrogen-bond donors (Lipinski definition) is 0. The van der Waals surface area contributed by atoms with Crippen LogP contribution in [0.3, 0.4) is 0 Å². The van der Waals surface area contributed by atoms with Gasteiger partial charge in [-0.05, 0) is 29.8 Å². The standard InChI is InChI=1S/C20H22FNO5/c1-24-17-8-14(9-18(25-2)19(17)26-3)20(23)22-10-16(11-22)27-12-13-5-4-6-15(21)7-13/h4-9,16H,10-12H2,1-3H3. The van der Waals surface area contributed by atoms with E-state index in [-0.39, 0.29) is 17.8 Å². The topological polar surface area (TPSA) is 57.2 Å². The fourth-order valence-corrected chi connectivity index (χ4v) is 2.94. The molecule has 2 aromatic rings. The number of carbonyl (C=O) groups excluding carboxylic acids is 1. The molecule has 0 aliphatic carbocycles. The van der Waals surface area contributed by atoms with Crippen molar-refractivity contribution in [3.8, 4) is 17.2 Å². The van der Waals surface area contributed by atoms with Gasteiger partial charge in [0.2, 0.25) is 5.75 Å². The summed E-state index contributed by atoms with van der Waals surface area (Å²) < 4.78 is 34.8. The van der Waals surface area contributed by atoms with Crippen molar-refractivity contribution in [3.05, 3.63) is 53.3 Å². The summed E-state index contributed by atoms with van der Waals surface area (Å²) in [7, 11) is 4.52. The highest BCUT2D eigenvalue weighted by molar-refractivity contribution is 5.96. The molecular weight excluding hydrogens is 353 g/mol. The number of hydrogen-bond acceptors (Lipinski definition) is 5. The third-order valence-electron chi connectivity index (χ3n) is 4.42. The zero-order valence-corrected chi connectivity index (χ0v) is 15.5. The summed E-state index contributed by atoms with van der Waals surface area (Å²) in [5, 5.41) is 0. The number of likely N-dealkylation sites (tertiary alicyclic amines) is 1. The van der Waals surface area contributed by atoms with Crippen molar-refractivity contribution in [1.29, 1.82) is 0 Å². The van der Waals surface area contributed by atoms with Gasteiger partial charge in [0.05, 0.1) is 34.0 Å². The predicted molar refractivity (Wildman–Crippen MR) is 97.0 cm³/mol. The Morgan fingerprint density at radius 1 is 1.07 bits per heavy atom. The Kier molecular flexibility index (Phi) is 5.81. The van der Waals surface area contributed by atoms with Crippen LogP contribution in [0, 0.1) is 5.82 Å². The maximum absolute atomic E-state index is 13.2. The highest BCUT2D eigenvalue weighted by Gasteiger charge is 2.32. The maximum Gasteiger partial charge on any atom is 0.254 e. The van der Waals surface area contributed by atoms with Gasteiger partial charge >= 0.3 is 0 Å². The number of carbonyl (C=O) groups is 1. The van der Waals surface area contributed by atoms with Crippen LogP contribution in [0.25, 0.3) is 0 Å². The summed E-state index contributed by atoms with van der Waals surface area (Å²) in [4.78, 5) is 14.4. The van der Waals surface area contributed by atoms with E-state index in [9.17, 15) is 9.18 Å². The second-order valence-electron chi connectivity index (χ2n) is 6.19. The van der Waals surface area contributed by atoms with Gasteiger partial charge < -0.3 is 23.8 Å². The third-order valence-corrected chi connectivity index (χ3v) is 4.42. The van der Waals surface area contributed by atoms with Crippen molar-refractivity contribution in [1.82, 2.24) is 4.90 Å². The first-order chi connectivity index (χ1) is 13.0. The van der Waals surface area contributed by atoms with Crippen LogP contribution in [0.1, 0.15) is 15.9 Å². The second kappa shape index (κ2) is 8.26. The average molecular weight is 375 g/mol. The van der Waals surface area contributed by atoms with Crippen molar-refractivity contribution in [2.75, 3.05) is 34.4 Å². The van der Waals surface area contributed by atoms with Gasteiger partial charge in [0.25, 0.3) is 5.91 Å². The van der Waals surface area contributed by atoms with E-state index in [1.54, 1.807) is 29.2 Å². The minimum atomic E-state index is -0.288. The molecule has 0 radical (unpaired) electrons. The number of rotatable bonds is 7. The minimum absolute atomic E-state index is 0.0701. The highest BCUT2D eigenvalue weighted by atomic mass is 19.1. The first-order valence-electron chi connectivity index (χ1n) is 8.51. The fourth-order valence-electron chi connectivity index (χ4n) is 2.94. The van der Waals surface area contributed by atoms with E-state index >= 15 is 0 Å². The van der Waals surface area contributed by atoms with E-state index in [1.807, 2.05) is 0 Å². The molecule has 1 aliphatic rings. The maximum atomic E-state index is 13.2. The van der Waals surface area contributed by atoms with Crippen LogP contribution in [0.2, 0.25) is 0 Å². The van der Waals surface area contributed by atoms with Crippen molar-refractivity contribution in [2.24, 2.45) is 0 Å². The molecule has 0 unspecified atom stereocenters. The summed E-state index contributed by atoms with van der Waals surface area (Å²) in [5.74, 6) is 0.875. The first kappa shape index (κ1) is 19.0. The highest BCUT2D eigenvalue weighted by Crippen LogP contribution is 2.38. The normalized spacial score (nSPS) is 13.9. The molecule has 7 heteroatoms. The molecule has 6 nitrogen and oxygen atoms in total. The van der Waals surface area contributed by atoms with Crippen molar-refractivity contribution in [2.45, 2.75) is 12.7 Å². The van der Waals surface area contributed by atoms with E-state index in [1.165, 1.54) is 33.5 Å². The number of benzene rings is 2. The number of methoxy groups -OCH3 is 3. The van der Waals surface area contributed by atoms with Crippen LogP contribution in [0.15, 0.2) is 36.4 Å². The van der Waals surface area contributed by atoms with Gasteiger partial charge in [-0.2, -0.15) is 0 Å². The van der Waals surface area contributed by atoms with Crippen molar-refractivity contribution >= 4 is 5.91 Å². The molecule has 1 heterocycles. The van der Waals surface area contributed by atoms with Crippen LogP contribution in [0.5, 0.6) is 17.2 Å². The van der Waals surface area contributed by atoms with Crippen molar-refractivity contribution in [3.63, 3.8) is 0 Å². The SMILES string of the molecule is COc1cc(C(=O)N2CC(OCc3cccc(F)c3)C2)cc(OC)c1OC. The van der Waals surface area contributed by atoms with Crippen LogP contribution in [0.4, 0.5) is 4.39 Å². The Balaban J connectivity index is 1.60. The van der Waals surface area contributed by atoms with Crippen LogP contribution in [-0.2, 0) is 11.3 Å². The minimum Gasteiger partial charge on any atom is -0.493 e. The molecule has 1 fully saturated rings.